The van der Waals surface area contributed by atoms with Crippen LogP contribution in [0.1, 0.15) is 54.5 Å². The van der Waals surface area contributed by atoms with E-state index < -0.39 is 6.04 Å². The zero-order valence-corrected chi connectivity index (χ0v) is 19.7. The van der Waals surface area contributed by atoms with Crippen LogP contribution in [0.4, 0.5) is 5.95 Å². The van der Waals surface area contributed by atoms with Crippen molar-refractivity contribution in [3.05, 3.63) is 41.7 Å². The summed E-state index contributed by atoms with van der Waals surface area (Å²) in [4.78, 5) is 35.3. The summed E-state index contributed by atoms with van der Waals surface area (Å²) in [5.74, 6) is 0.717. The number of amides is 2. The number of nitrogens with one attached hydrogen (secondary N) is 3. The van der Waals surface area contributed by atoms with E-state index in [4.69, 9.17) is 0 Å². The number of hydrogen-bond donors (Lipinski definition) is 3. The minimum absolute atomic E-state index is 0.123. The molecule has 3 heterocycles. The average Bonchev–Trinajstić information content (AvgIpc) is 3.76. The molecule has 0 spiro atoms. The molecule has 2 amide bonds. The Hall–Kier alpha value is -3.56. The van der Waals surface area contributed by atoms with E-state index >= 15 is 0 Å². The van der Waals surface area contributed by atoms with Gasteiger partial charge in [-0.3, -0.25) is 24.7 Å². The van der Waals surface area contributed by atoms with Gasteiger partial charge in [-0.2, -0.15) is 10.2 Å². The number of H-pyrrole nitrogens is 1. The number of aryl methyl sites for hydroxylation is 3. The van der Waals surface area contributed by atoms with Gasteiger partial charge in [0.1, 0.15) is 11.7 Å². The van der Waals surface area contributed by atoms with Crippen LogP contribution < -0.4 is 10.6 Å². The van der Waals surface area contributed by atoms with Crippen molar-refractivity contribution in [1.82, 2.24) is 35.3 Å². The van der Waals surface area contributed by atoms with Crippen molar-refractivity contribution in [3.8, 4) is 11.1 Å². The Kier molecular flexibility index (Phi) is 5.89. The fourth-order valence-electron chi connectivity index (χ4n) is 4.91. The molecule has 10 heteroatoms. The molecule has 34 heavy (non-hydrogen) atoms. The molecule has 2 aliphatic carbocycles. The summed E-state index contributed by atoms with van der Waals surface area (Å²) in [5, 5.41) is 17.2. The molecule has 0 saturated heterocycles. The van der Waals surface area contributed by atoms with Crippen molar-refractivity contribution in [2.45, 2.75) is 59.0 Å². The Balaban J connectivity index is 1.35. The third-order valence-electron chi connectivity index (χ3n) is 6.84. The Bertz CT molecular complexity index is 1160. The van der Waals surface area contributed by atoms with Gasteiger partial charge in [0, 0.05) is 42.0 Å². The van der Waals surface area contributed by atoms with Gasteiger partial charge in [0.2, 0.25) is 11.9 Å². The molecule has 2 aliphatic rings. The van der Waals surface area contributed by atoms with Gasteiger partial charge in [-0.15, -0.1) is 0 Å². The van der Waals surface area contributed by atoms with E-state index in [-0.39, 0.29) is 23.7 Å². The van der Waals surface area contributed by atoms with Crippen LogP contribution in [0.2, 0.25) is 0 Å². The van der Waals surface area contributed by atoms with Gasteiger partial charge in [0.05, 0.1) is 5.69 Å². The number of carbonyl (C=O) groups excluding carboxylic acids is 2. The molecular weight excluding hydrogens is 432 g/mol. The number of hydrogen-bond acceptors (Lipinski definition) is 6. The van der Waals surface area contributed by atoms with Gasteiger partial charge in [-0.1, -0.05) is 0 Å². The highest BCUT2D eigenvalue weighted by Gasteiger charge is 2.48. The molecule has 3 aromatic heterocycles. The third-order valence-corrected chi connectivity index (χ3v) is 6.84. The standard InChI is InChI=1S/C24H30N8O2/c1-4-32-18(9-10-27-32)22(33)28-21(20(15-5-6-15)16-7-8-16)23(34)29-24-25-11-17(12-26-24)19-13(2)30-31-14(19)3/h9-12,15-16,20-21H,4-8H2,1-3H3,(H,28,33)(H,30,31)(H,25,26,29,34). The van der Waals surface area contributed by atoms with Crippen molar-refractivity contribution in [2.24, 2.45) is 17.8 Å². The zero-order valence-electron chi connectivity index (χ0n) is 19.7. The Morgan fingerprint density at radius 3 is 2.38 bits per heavy atom. The monoisotopic (exact) mass is 462 g/mol. The van der Waals surface area contributed by atoms with E-state index in [0.29, 0.717) is 24.1 Å². The predicted molar refractivity (Wildman–Crippen MR) is 126 cm³/mol. The Labute approximate surface area is 198 Å². The van der Waals surface area contributed by atoms with E-state index in [1.165, 1.54) is 0 Å². The van der Waals surface area contributed by atoms with Crippen molar-refractivity contribution < 1.29 is 9.59 Å². The molecule has 5 rings (SSSR count). The summed E-state index contributed by atoms with van der Waals surface area (Å²) in [6, 6.07) is 1.04. The summed E-state index contributed by atoms with van der Waals surface area (Å²) in [6.07, 6.45) is 9.36. The lowest BCUT2D eigenvalue weighted by Crippen LogP contribution is -2.50. The second-order valence-corrected chi connectivity index (χ2v) is 9.33. The van der Waals surface area contributed by atoms with Crippen LogP contribution in [0.25, 0.3) is 11.1 Å². The number of nitrogens with zero attached hydrogens (tertiary/aromatic N) is 5. The maximum Gasteiger partial charge on any atom is 0.270 e. The highest BCUT2D eigenvalue weighted by Crippen LogP contribution is 2.50. The van der Waals surface area contributed by atoms with E-state index in [0.717, 1.165) is 48.2 Å². The van der Waals surface area contributed by atoms with Crippen molar-refractivity contribution >= 4 is 17.8 Å². The van der Waals surface area contributed by atoms with Crippen LogP contribution in [0.5, 0.6) is 0 Å². The van der Waals surface area contributed by atoms with Gasteiger partial charge < -0.3 is 5.32 Å². The summed E-state index contributed by atoms with van der Waals surface area (Å²) >= 11 is 0. The largest absolute Gasteiger partial charge is 0.339 e. The van der Waals surface area contributed by atoms with Crippen LogP contribution in [-0.2, 0) is 11.3 Å². The fraction of sp³-hybridized carbons (Fsp3) is 0.500. The summed E-state index contributed by atoms with van der Waals surface area (Å²) in [7, 11) is 0. The molecule has 0 bridgehead atoms. The fourth-order valence-corrected chi connectivity index (χ4v) is 4.91. The van der Waals surface area contributed by atoms with Crippen molar-refractivity contribution in [3.63, 3.8) is 0 Å². The van der Waals surface area contributed by atoms with Gasteiger partial charge in [0.15, 0.2) is 0 Å². The molecule has 3 N–H and O–H groups in total. The van der Waals surface area contributed by atoms with E-state index in [1.807, 2.05) is 20.8 Å². The lowest BCUT2D eigenvalue weighted by atomic mass is 9.88. The highest BCUT2D eigenvalue weighted by atomic mass is 16.2. The van der Waals surface area contributed by atoms with Crippen LogP contribution in [-0.4, -0.2) is 47.8 Å². The van der Waals surface area contributed by atoms with E-state index in [2.05, 4.69) is 35.9 Å². The minimum Gasteiger partial charge on any atom is -0.339 e. The molecule has 10 nitrogen and oxygen atoms in total. The number of anilines is 1. The lowest BCUT2D eigenvalue weighted by molar-refractivity contribution is -0.119. The first-order valence-corrected chi connectivity index (χ1v) is 11.9. The first kappa shape index (κ1) is 22.2. The summed E-state index contributed by atoms with van der Waals surface area (Å²) < 4.78 is 1.63. The van der Waals surface area contributed by atoms with E-state index in [9.17, 15) is 9.59 Å². The molecule has 178 valence electrons. The molecule has 2 saturated carbocycles. The highest BCUT2D eigenvalue weighted by molar-refractivity contribution is 6.00. The maximum absolute atomic E-state index is 13.5. The summed E-state index contributed by atoms with van der Waals surface area (Å²) in [6.45, 7) is 6.37. The van der Waals surface area contributed by atoms with Crippen LogP contribution in [0.15, 0.2) is 24.7 Å². The minimum atomic E-state index is -0.644. The molecule has 2 fully saturated rings. The quantitative estimate of drug-likeness (QED) is 0.448. The third kappa shape index (κ3) is 4.44. The number of aromatic amines is 1. The molecule has 0 aliphatic heterocycles. The lowest BCUT2D eigenvalue weighted by Gasteiger charge is -2.27. The molecular formula is C24H30N8O2. The van der Waals surface area contributed by atoms with Gasteiger partial charge in [-0.05, 0) is 70.3 Å². The average molecular weight is 463 g/mol. The topological polar surface area (TPSA) is 130 Å². The van der Waals surface area contributed by atoms with Gasteiger partial charge in [-0.25, -0.2) is 9.97 Å². The number of carbonyl (C=O) groups is 2. The van der Waals surface area contributed by atoms with Crippen molar-refractivity contribution in [2.75, 3.05) is 5.32 Å². The number of aromatic nitrogens is 6. The molecule has 3 aromatic rings. The van der Waals surface area contributed by atoms with E-state index in [1.54, 1.807) is 29.3 Å². The smallest absolute Gasteiger partial charge is 0.270 e. The number of rotatable bonds is 9. The SMILES string of the molecule is CCn1nccc1C(=O)NC(C(=O)Nc1ncc(-c2c(C)n[nH]c2C)cn1)C(C1CC1)C1CC1. The maximum atomic E-state index is 13.5. The van der Waals surface area contributed by atoms with Gasteiger partial charge in [0.25, 0.3) is 5.91 Å². The first-order chi connectivity index (χ1) is 16.5. The van der Waals surface area contributed by atoms with Crippen LogP contribution in [0, 0.1) is 31.6 Å². The molecule has 0 radical (unpaired) electrons. The van der Waals surface area contributed by atoms with Gasteiger partial charge >= 0.3 is 0 Å². The molecule has 0 aromatic carbocycles. The summed E-state index contributed by atoms with van der Waals surface area (Å²) in [5.41, 5.74) is 4.04. The zero-order chi connectivity index (χ0) is 23.8. The Morgan fingerprint density at radius 2 is 1.82 bits per heavy atom. The molecule has 1 atom stereocenters. The normalized spacial score (nSPS) is 16.5. The van der Waals surface area contributed by atoms with Crippen LogP contribution in [0.3, 0.4) is 0 Å². The van der Waals surface area contributed by atoms with Crippen LogP contribution >= 0.6 is 0 Å². The van der Waals surface area contributed by atoms with Crippen molar-refractivity contribution in [1.29, 1.82) is 0 Å². The Morgan fingerprint density at radius 1 is 1.15 bits per heavy atom. The second-order valence-electron chi connectivity index (χ2n) is 9.33. The first-order valence-electron chi connectivity index (χ1n) is 11.9. The predicted octanol–water partition coefficient (Wildman–Crippen LogP) is 2.87. The second kappa shape index (κ2) is 9.00. The molecule has 1 unspecified atom stereocenters.